The lowest BCUT2D eigenvalue weighted by Crippen LogP contribution is -2.30. The number of fused-ring (bicyclic) bond motifs is 2. The molecule has 3 aromatic carbocycles. The SMILES string of the molecule is CCC(C)(C)P(Cc1ccccc1CP(c1ccc2ccccc2n1)c1ccc2ccccc2n1)C(C)(C)CC. The lowest BCUT2D eigenvalue weighted by molar-refractivity contribution is 0.601. The summed E-state index contributed by atoms with van der Waals surface area (Å²) in [6, 6.07) is 35.0. The van der Waals surface area contributed by atoms with Gasteiger partial charge in [-0.1, -0.05) is 122 Å². The molecule has 0 fully saturated rings. The first-order chi connectivity index (χ1) is 19.2. The van der Waals surface area contributed by atoms with Crippen molar-refractivity contribution in [2.75, 3.05) is 0 Å². The second-order valence-corrected chi connectivity index (χ2v) is 17.7. The highest BCUT2D eigenvalue weighted by Gasteiger charge is 2.38. The summed E-state index contributed by atoms with van der Waals surface area (Å²) >= 11 is 0. The standard InChI is InChI=1S/C36H42N2P2/c1-7-35(3,4)40(36(5,6)8-2)26-30-18-10-9-17-29(30)25-39(33-23-21-27-15-11-13-19-31(27)37-33)34-24-22-28-16-12-14-20-32(28)38-34/h9-24H,7-8,25-26H2,1-6H3. The quantitative estimate of drug-likeness (QED) is 0.158. The number of benzene rings is 3. The van der Waals surface area contributed by atoms with Crippen molar-refractivity contribution in [1.82, 2.24) is 9.97 Å². The van der Waals surface area contributed by atoms with Crippen LogP contribution >= 0.6 is 15.8 Å². The van der Waals surface area contributed by atoms with E-state index in [-0.39, 0.29) is 7.92 Å². The molecule has 0 radical (unpaired) electrons. The molecule has 5 aromatic rings. The van der Waals surface area contributed by atoms with Gasteiger partial charge in [0.1, 0.15) is 0 Å². The second kappa shape index (κ2) is 12.1. The number of hydrogen-bond acceptors (Lipinski definition) is 2. The number of rotatable bonds is 10. The van der Waals surface area contributed by atoms with Crippen LogP contribution in [0.2, 0.25) is 0 Å². The van der Waals surface area contributed by atoms with Crippen molar-refractivity contribution >= 4 is 48.5 Å². The van der Waals surface area contributed by atoms with Gasteiger partial charge in [-0.3, -0.25) is 0 Å². The van der Waals surface area contributed by atoms with Crippen LogP contribution < -0.4 is 10.9 Å². The molecule has 0 saturated carbocycles. The maximum atomic E-state index is 5.22. The number of nitrogens with zero attached hydrogens (tertiary/aromatic N) is 2. The van der Waals surface area contributed by atoms with E-state index >= 15 is 0 Å². The molecular weight excluding hydrogens is 522 g/mol. The maximum absolute atomic E-state index is 5.22. The van der Waals surface area contributed by atoms with Crippen LogP contribution in [0.5, 0.6) is 0 Å². The molecule has 0 aliphatic carbocycles. The molecule has 2 heterocycles. The Labute approximate surface area is 243 Å². The zero-order valence-corrected chi connectivity index (χ0v) is 26.6. The molecule has 0 aliphatic heterocycles. The molecular formula is C36H42N2P2. The summed E-state index contributed by atoms with van der Waals surface area (Å²) in [7, 11) is -1.04. The summed E-state index contributed by atoms with van der Waals surface area (Å²) in [5.74, 6) is 0. The molecule has 5 rings (SSSR count). The smallest absolute Gasteiger partial charge is 0.0709 e. The van der Waals surface area contributed by atoms with Crippen molar-refractivity contribution in [3.05, 3.63) is 108 Å². The lowest BCUT2D eigenvalue weighted by atomic mass is 10.1. The third-order valence-corrected chi connectivity index (χ3v) is 15.2. The summed E-state index contributed by atoms with van der Waals surface area (Å²) in [6.07, 6.45) is 4.52. The molecule has 2 aromatic heterocycles. The fraction of sp³-hybridized carbons (Fsp3) is 0.333. The highest BCUT2D eigenvalue weighted by atomic mass is 31.1. The molecule has 0 aliphatic rings. The third kappa shape index (κ3) is 6.15. The van der Waals surface area contributed by atoms with Crippen LogP contribution in [-0.4, -0.2) is 20.3 Å². The Morgan fingerprint density at radius 3 is 1.43 bits per heavy atom. The fourth-order valence-electron chi connectivity index (χ4n) is 5.53. The maximum Gasteiger partial charge on any atom is 0.0709 e. The monoisotopic (exact) mass is 564 g/mol. The van der Waals surface area contributed by atoms with Crippen molar-refractivity contribution in [1.29, 1.82) is 0 Å². The second-order valence-electron chi connectivity index (χ2n) is 12.0. The van der Waals surface area contributed by atoms with Gasteiger partial charge in [0, 0.05) is 24.9 Å². The minimum absolute atomic E-state index is 0.245. The summed E-state index contributed by atoms with van der Waals surface area (Å²) in [6.45, 7) is 14.7. The Morgan fingerprint density at radius 2 is 0.950 bits per heavy atom. The largest absolute Gasteiger partial charge is 0.248 e. The van der Waals surface area contributed by atoms with Gasteiger partial charge in [-0.05, 0) is 64.7 Å². The Hall–Kier alpha value is -2.66. The van der Waals surface area contributed by atoms with Gasteiger partial charge >= 0.3 is 0 Å². The Morgan fingerprint density at radius 1 is 0.525 bits per heavy atom. The molecule has 4 heteroatoms. The van der Waals surface area contributed by atoms with Gasteiger partial charge in [0.2, 0.25) is 0 Å². The van der Waals surface area contributed by atoms with Crippen molar-refractivity contribution in [2.45, 2.75) is 77.0 Å². The van der Waals surface area contributed by atoms with Crippen LogP contribution in [0.3, 0.4) is 0 Å². The Kier molecular flexibility index (Phi) is 8.70. The normalized spacial score (nSPS) is 12.6. The van der Waals surface area contributed by atoms with Crippen LogP contribution in [-0.2, 0) is 12.3 Å². The van der Waals surface area contributed by atoms with Crippen molar-refractivity contribution in [3.8, 4) is 0 Å². The van der Waals surface area contributed by atoms with Gasteiger partial charge in [-0.25, -0.2) is 9.97 Å². The fourth-order valence-corrected chi connectivity index (χ4v) is 11.6. The summed E-state index contributed by atoms with van der Waals surface area (Å²) in [5, 5.41) is 3.02. The zero-order valence-electron chi connectivity index (χ0n) is 24.9. The van der Waals surface area contributed by atoms with E-state index in [0.717, 1.165) is 34.2 Å². The number of hydrogen-bond donors (Lipinski definition) is 0. The van der Waals surface area contributed by atoms with Gasteiger partial charge in [0.05, 0.1) is 21.9 Å². The van der Waals surface area contributed by atoms with Crippen molar-refractivity contribution in [3.63, 3.8) is 0 Å². The van der Waals surface area contributed by atoms with E-state index in [1.165, 1.54) is 34.7 Å². The van der Waals surface area contributed by atoms with Gasteiger partial charge in [-0.15, -0.1) is 0 Å². The van der Waals surface area contributed by atoms with E-state index in [1.54, 1.807) is 0 Å². The number of pyridine rings is 2. The van der Waals surface area contributed by atoms with Gasteiger partial charge in [0.15, 0.2) is 0 Å². The first-order valence-corrected chi connectivity index (χ1v) is 17.6. The topological polar surface area (TPSA) is 25.8 Å². The molecule has 0 N–H and O–H groups in total. The van der Waals surface area contributed by atoms with Crippen LogP contribution in [0.25, 0.3) is 21.8 Å². The van der Waals surface area contributed by atoms with E-state index in [0.29, 0.717) is 10.3 Å². The number of para-hydroxylation sites is 2. The predicted octanol–water partition coefficient (Wildman–Crippen LogP) is 9.77. The molecule has 0 amide bonds. The van der Waals surface area contributed by atoms with E-state index < -0.39 is 7.92 Å². The number of aromatic nitrogens is 2. The average Bonchev–Trinajstić information content (AvgIpc) is 2.98. The molecule has 0 bridgehead atoms. The molecule has 0 atom stereocenters. The van der Waals surface area contributed by atoms with Crippen LogP contribution in [0.4, 0.5) is 0 Å². The van der Waals surface area contributed by atoms with Crippen molar-refractivity contribution in [2.24, 2.45) is 0 Å². The van der Waals surface area contributed by atoms with Gasteiger partial charge in [0.25, 0.3) is 0 Å². The first-order valence-electron chi connectivity index (χ1n) is 14.6. The average molecular weight is 565 g/mol. The first kappa shape index (κ1) is 28.9. The molecule has 206 valence electrons. The molecule has 0 unspecified atom stereocenters. The van der Waals surface area contributed by atoms with Crippen LogP contribution in [0, 0.1) is 0 Å². The minimum Gasteiger partial charge on any atom is -0.248 e. The van der Waals surface area contributed by atoms with Gasteiger partial charge in [-0.2, -0.15) is 0 Å². The van der Waals surface area contributed by atoms with Gasteiger partial charge < -0.3 is 0 Å². The summed E-state index contributed by atoms with van der Waals surface area (Å²) in [4.78, 5) is 10.4. The summed E-state index contributed by atoms with van der Waals surface area (Å²) in [5.41, 5.74) is 7.36. The highest BCUT2D eigenvalue weighted by molar-refractivity contribution is 7.71. The van der Waals surface area contributed by atoms with E-state index in [4.69, 9.17) is 9.97 Å². The minimum atomic E-state index is -0.793. The molecule has 2 nitrogen and oxygen atoms in total. The molecule has 0 saturated heterocycles. The van der Waals surface area contributed by atoms with E-state index in [9.17, 15) is 0 Å². The van der Waals surface area contributed by atoms with Crippen LogP contribution in [0.1, 0.15) is 65.5 Å². The van der Waals surface area contributed by atoms with E-state index in [1.807, 2.05) is 0 Å². The third-order valence-electron chi connectivity index (χ3n) is 8.69. The van der Waals surface area contributed by atoms with Crippen LogP contribution in [0.15, 0.2) is 97.1 Å². The summed E-state index contributed by atoms with van der Waals surface area (Å²) < 4.78 is 0. The molecule has 40 heavy (non-hydrogen) atoms. The lowest BCUT2D eigenvalue weighted by Gasteiger charge is -2.45. The Bertz CT molecular complexity index is 1510. The predicted molar refractivity (Wildman–Crippen MR) is 179 cm³/mol. The van der Waals surface area contributed by atoms with E-state index in [2.05, 4.69) is 139 Å². The van der Waals surface area contributed by atoms with Crippen molar-refractivity contribution < 1.29 is 0 Å². The Balaban J connectivity index is 1.59. The zero-order chi connectivity index (χ0) is 28.3. The highest BCUT2D eigenvalue weighted by Crippen LogP contribution is 2.64. The molecule has 0 spiro atoms.